The van der Waals surface area contributed by atoms with Crippen molar-refractivity contribution in [1.82, 2.24) is 0 Å². The molecule has 0 heterocycles. The summed E-state index contributed by atoms with van der Waals surface area (Å²) in [5, 5.41) is 7.40. The molecule has 0 radical (unpaired) electrons. The lowest BCUT2D eigenvalue weighted by molar-refractivity contribution is -0.139. The third-order valence-electron chi connectivity index (χ3n) is 2.08. The van der Waals surface area contributed by atoms with Crippen LogP contribution in [0.4, 0.5) is 13.2 Å². The number of carbonyl (C=O) groups is 1. The highest BCUT2D eigenvalue weighted by Crippen LogP contribution is 2.15. The zero-order chi connectivity index (χ0) is 13.0. The molecule has 0 aliphatic heterocycles. The van der Waals surface area contributed by atoms with Crippen molar-refractivity contribution in [2.75, 3.05) is 7.11 Å². The average molecular weight is 245 g/mol. The minimum Gasteiger partial charge on any atom is -0.469 e. The summed E-state index contributed by atoms with van der Waals surface area (Å²) in [6.07, 6.45) is -0.576. The van der Waals surface area contributed by atoms with Gasteiger partial charge in [-0.25, -0.2) is 13.2 Å². The first-order valence-corrected chi connectivity index (χ1v) is 4.70. The van der Waals surface area contributed by atoms with Crippen LogP contribution >= 0.6 is 0 Å². The number of ether oxygens (including phenoxy) is 1. The maximum Gasteiger partial charge on any atom is 0.311 e. The van der Waals surface area contributed by atoms with Crippen LogP contribution in [0, 0.1) is 22.9 Å². The number of benzene rings is 1. The van der Waals surface area contributed by atoms with Crippen LogP contribution in [0.3, 0.4) is 0 Å². The molecular weight excluding hydrogens is 235 g/mol. The molecule has 1 N–H and O–H groups in total. The molecule has 1 aromatic rings. The maximum atomic E-state index is 13.2. The Labute approximate surface area is 95.7 Å². The summed E-state index contributed by atoms with van der Waals surface area (Å²) < 4.78 is 43.0. The van der Waals surface area contributed by atoms with E-state index in [9.17, 15) is 18.0 Å². The Morgan fingerprint density at radius 2 is 1.82 bits per heavy atom. The molecule has 0 aromatic heterocycles. The van der Waals surface area contributed by atoms with E-state index in [0.717, 1.165) is 7.11 Å². The lowest BCUT2D eigenvalue weighted by atomic mass is 10.1. The van der Waals surface area contributed by atoms with E-state index < -0.39 is 23.4 Å². The molecule has 0 spiro atoms. The van der Waals surface area contributed by atoms with E-state index in [2.05, 4.69) is 4.74 Å². The molecule has 6 heteroatoms. The van der Waals surface area contributed by atoms with Crippen LogP contribution in [0.2, 0.25) is 0 Å². The van der Waals surface area contributed by atoms with Gasteiger partial charge in [-0.15, -0.1) is 0 Å². The molecule has 17 heavy (non-hydrogen) atoms. The number of esters is 1. The van der Waals surface area contributed by atoms with Gasteiger partial charge in [0.15, 0.2) is 11.6 Å². The highest BCUT2D eigenvalue weighted by Gasteiger charge is 2.13. The van der Waals surface area contributed by atoms with Gasteiger partial charge in [0.05, 0.1) is 13.5 Å². The lowest BCUT2D eigenvalue weighted by Crippen LogP contribution is -2.12. The Balaban J connectivity index is 2.78. The van der Waals surface area contributed by atoms with Gasteiger partial charge in [0.1, 0.15) is 5.82 Å². The first kappa shape index (κ1) is 13.2. The van der Waals surface area contributed by atoms with Gasteiger partial charge in [-0.3, -0.25) is 4.79 Å². The number of methoxy groups -OCH3 is 1. The predicted octanol–water partition coefficient (Wildman–Crippen LogP) is 2.23. The molecular formula is C11H10F3NO2. The smallest absolute Gasteiger partial charge is 0.311 e. The van der Waals surface area contributed by atoms with Gasteiger partial charge in [-0.1, -0.05) is 0 Å². The number of hydrogen-bond acceptors (Lipinski definition) is 3. The standard InChI is InChI=1S/C11H10F3NO2/c1-17-11(16)4-7(15)2-6-3-9(13)10(14)5-8(6)12/h3,5,15H,2,4H2,1H3. The normalized spacial score (nSPS) is 10.1. The second kappa shape index (κ2) is 5.47. The Morgan fingerprint density at radius 3 is 2.41 bits per heavy atom. The Kier molecular flexibility index (Phi) is 4.25. The molecule has 0 unspecified atom stereocenters. The summed E-state index contributed by atoms with van der Waals surface area (Å²) in [6, 6.07) is 1.09. The summed E-state index contributed by atoms with van der Waals surface area (Å²) in [5.74, 6) is -4.06. The molecule has 92 valence electrons. The average Bonchev–Trinajstić information content (AvgIpc) is 2.25. The fourth-order valence-corrected chi connectivity index (χ4v) is 1.24. The van der Waals surface area contributed by atoms with Crippen molar-refractivity contribution in [3.05, 3.63) is 35.1 Å². The first-order chi connectivity index (χ1) is 7.93. The van der Waals surface area contributed by atoms with Crippen molar-refractivity contribution in [1.29, 1.82) is 5.41 Å². The molecule has 0 aliphatic rings. The highest BCUT2D eigenvalue weighted by molar-refractivity contribution is 5.98. The van der Waals surface area contributed by atoms with Crippen molar-refractivity contribution in [3.8, 4) is 0 Å². The summed E-state index contributed by atoms with van der Waals surface area (Å²) in [6.45, 7) is 0. The first-order valence-electron chi connectivity index (χ1n) is 4.70. The quantitative estimate of drug-likeness (QED) is 0.502. The lowest BCUT2D eigenvalue weighted by Gasteiger charge is -2.05. The Bertz CT molecular complexity index is 460. The van der Waals surface area contributed by atoms with Gasteiger partial charge >= 0.3 is 5.97 Å². The van der Waals surface area contributed by atoms with Crippen LogP contribution in [-0.2, 0) is 16.0 Å². The van der Waals surface area contributed by atoms with Crippen molar-refractivity contribution in [3.63, 3.8) is 0 Å². The summed E-state index contributed by atoms with van der Waals surface area (Å²) in [4.78, 5) is 10.8. The second-order valence-electron chi connectivity index (χ2n) is 3.39. The van der Waals surface area contributed by atoms with E-state index in [-0.39, 0.29) is 24.1 Å². The number of carbonyl (C=O) groups excluding carboxylic acids is 1. The van der Waals surface area contributed by atoms with Crippen molar-refractivity contribution in [2.45, 2.75) is 12.8 Å². The molecule has 1 rings (SSSR count). The zero-order valence-corrected chi connectivity index (χ0v) is 9.02. The van der Waals surface area contributed by atoms with Crippen LogP contribution in [-0.4, -0.2) is 18.8 Å². The van der Waals surface area contributed by atoms with Crippen LogP contribution in [0.5, 0.6) is 0 Å². The number of halogens is 3. The molecule has 0 fully saturated rings. The van der Waals surface area contributed by atoms with E-state index in [4.69, 9.17) is 5.41 Å². The number of rotatable bonds is 4. The van der Waals surface area contributed by atoms with E-state index in [1.54, 1.807) is 0 Å². The van der Waals surface area contributed by atoms with Crippen LogP contribution in [0.1, 0.15) is 12.0 Å². The second-order valence-corrected chi connectivity index (χ2v) is 3.39. The fraction of sp³-hybridized carbons (Fsp3) is 0.273. The molecule has 0 atom stereocenters. The van der Waals surface area contributed by atoms with E-state index in [1.165, 1.54) is 0 Å². The monoisotopic (exact) mass is 245 g/mol. The van der Waals surface area contributed by atoms with E-state index >= 15 is 0 Å². The molecule has 0 bridgehead atoms. The number of nitrogens with one attached hydrogen (secondary N) is 1. The Morgan fingerprint density at radius 1 is 1.24 bits per heavy atom. The number of hydrogen-bond donors (Lipinski definition) is 1. The summed E-state index contributed by atoms with van der Waals surface area (Å²) >= 11 is 0. The largest absolute Gasteiger partial charge is 0.469 e. The van der Waals surface area contributed by atoms with Gasteiger partial charge in [0.2, 0.25) is 0 Å². The van der Waals surface area contributed by atoms with Crippen LogP contribution in [0.25, 0.3) is 0 Å². The Hall–Kier alpha value is -1.85. The van der Waals surface area contributed by atoms with Gasteiger partial charge in [0, 0.05) is 18.2 Å². The highest BCUT2D eigenvalue weighted by atomic mass is 19.2. The van der Waals surface area contributed by atoms with Gasteiger partial charge in [0.25, 0.3) is 0 Å². The SMILES string of the molecule is COC(=O)CC(=N)Cc1cc(F)c(F)cc1F. The van der Waals surface area contributed by atoms with Crippen LogP contribution in [0.15, 0.2) is 12.1 Å². The molecule has 0 saturated heterocycles. The van der Waals surface area contributed by atoms with Crippen molar-refractivity contribution < 1.29 is 22.7 Å². The van der Waals surface area contributed by atoms with Gasteiger partial charge in [-0.2, -0.15) is 0 Å². The van der Waals surface area contributed by atoms with Crippen LogP contribution < -0.4 is 0 Å². The topological polar surface area (TPSA) is 50.2 Å². The summed E-state index contributed by atoms with van der Waals surface area (Å²) in [5.41, 5.74) is -0.306. The summed E-state index contributed by atoms with van der Waals surface area (Å²) in [7, 11) is 1.16. The molecule has 0 saturated carbocycles. The van der Waals surface area contributed by atoms with E-state index in [0.29, 0.717) is 12.1 Å². The fourth-order valence-electron chi connectivity index (χ4n) is 1.24. The third kappa shape index (κ3) is 3.58. The minimum atomic E-state index is -1.29. The predicted molar refractivity (Wildman–Crippen MR) is 54.4 cm³/mol. The zero-order valence-electron chi connectivity index (χ0n) is 9.02. The van der Waals surface area contributed by atoms with Crippen molar-refractivity contribution in [2.24, 2.45) is 0 Å². The molecule has 0 aliphatic carbocycles. The van der Waals surface area contributed by atoms with E-state index in [1.807, 2.05) is 0 Å². The molecule has 1 aromatic carbocycles. The maximum absolute atomic E-state index is 13.2. The molecule has 0 amide bonds. The minimum absolute atomic E-state index is 0.137. The molecule has 3 nitrogen and oxygen atoms in total. The van der Waals surface area contributed by atoms with Crippen molar-refractivity contribution >= 4 is 11.7 Å². The van der Waals surface area contributed by atoms with Gasteiger partial charge < -0.3 is 10.1 Å². The van der Waals surface area contributed by atoms with Gasteiger partial charge in [-0.05, 0) is 11.6 Å². The third-order valence-corrected chi connectivity index (χ3v) is 2.08.